The average molecular weight is 316 g/mol. The number of hydroxylamine groups is 1. The molecule has 0 aliphatic heterocycles. The highest BCUT2D eigenvalue weighted by Gasteiger charge is 2.10. The van der Waals surface area contributed by atoms with Gasteiger partial charge in [-0.25, -0.2) is 10.5 Å². The highest BCUT2D eigenvalue weighted by atomic mass is 35.5. The summed E-state index contributed by atoms with van der Waals surface area (Å²) < 4.78 is 0. The molecule has 7 heteroatoms. The number of fused-ring (bicyclic) bond motifs is 1. The molecule has 110 valence electrons. The fourth-order valence-corrected chi connectivity index (χ4v) is 2.22. The molecule has 0 fully saturated rings. The van der Waals surface area contributed by atoms with E-state index in [1.165, 1.54) is 18.2 Å². The summed E-state index contributed by atoms with van der Waals surface area (Å²) in [5.41, 5.74) is 2.49. The first-order chi connectivity index (χ1) is 10.6. The van der Waals surface area contributed by atoms with E-state index < -0.39 is 5.91 Å². The molecular weight excluding hydrogens is 306 g/mol. The molecular formula is C15H10ClN3O3. The topological polar surface area (TPSA) is 95.1 Å². The van der Waals surface area contributed by atoms with Crippen LogP contribution in [0.2, 0.25) is 5.02 Å². The van der Waals surface area contributed by atoms with Gasteiger partial charge < -0.3 is 4.98 Å². The van der Waals surface area contributed by atoms with E-state index in [0.29, 0.717) is 27.3 Å². The van der Waals surface area contributed by atoms with Crippen LogP contribution in [0.15, 0.2) is 47.3 Å². The molecule has 0 aliphatic rings. The van der Waals surface area contributed by atoms with E-state index in [1.54, 1.807) is 29.7 Å². The van der Waals surface area contributed by atoms with E-state index in [-0.39, 0.29) is 11.1 Å². The maximum atomic E-state index is 12.1. The summed E-state index contributed by atoms with van der Waals surface area (Å²) in [6.45, 7) is 0. The van der Waals surface area contributed by atoms with Crippen LogP contribution in [-0.4, -0.2) is 21.1 Å². The second-order valence-corrected chi connectivity index (χ2v) is 5.03. The second kappa shape index (κ2) is 5.59. The average Bonchev–Trinajstić information content (AvgIpc) is 2.54. The van der Waals surface area contributed by atoms with Crippen LogP contribution in [0.25, 0.3) is 22.3 Å². The second-order valence-electron chi connectivity index (χ2n) is 4.59. The summed E-state index contributed by atoms with van der Waals surface area (Å²) in [6, 6.07) is 11.2. The number of benzene rings is 2. The molecule has 2 aromatic carbocycles. The predicted octanol–water partition coefficient (Wildman–Crippen LogP) is 2.36. The number of carbonyl (C=O) groups excluding carboxylic acids is 1. The van der Waals surface area contributed by atoms with Gasteiger partial charge in [-0.1, -0.05) is 11.6 Å². The van der Waals surface area contributed by atoms with Crippen molar-refractivity contribution in [3.63, 3.8) is 0 Å². The van der Waals surface area contributed by atoms with Crippen LogP contribution in [0.3, 0.4) is 0 Å². The summed E-state index contributed by atoms with van der Waals surface area (Å²) in [6.07, 6.45) is 0. The number of carbonyl (C=O) groups is 1. The first kappa shape index (κ1) is 14.2. The Hall–Kier alpha value is -2.70. The lowest BCUT2D eigenvalue weighted by molar-refractivity contribution is 0.0706. The monoisotopic (exact) mass is 315 g/mol. The number of aromatic amines is 1. The van der Waals surface area contributed by atoms with Crippen LogP contribution in [0.5, 0.6) is 0 Å². The Morgan fingerprint density at radius 1 is 1.18 bits per heavy atom. The van der Waals surface area contributed by atoms with Gasteiger partial charge in [0.2, 0.25) is 0 Å². The zero-order chi connectivity index (χ0) is 15.7. The summed E-state index contributed by atoms with van der Waals surface area (Å²) in [7, 11) is 0. The zero-order valence-corrected chi connectivity index (χ0v) is 11.9. The van der Waals surface area contributed by atoms with Gasteiger partial charge >= 0.3 is 0 Å². The number of aromatic nitrogens is 2. The van der Waals surface area contributed by atoms with Gasteiger partial charge in [-0.2, -0.15) is 0 Å². The number of hydrogen-bond donors (Lipinski definition) is 3. The molecule has 22 heavy (non-hydrogen) atoms. The molecule has 0 radical (unpaired) electrons. The van der Waals surface area contributed by atoms with Gasteiger partial charge in [0.1, 0.15) is 5.82 Å². The Balaban J connectivity index is 2.19. The van der Waals surface area contributed by atoms with Crippen molar-refractivity contribution in [2.24, 2.45) is 0 Å². The fraction of sp³-hybridized carbons (Fsp3) is 0. The molecule has 1 heterocycles. The van der Waals surface area contributed by atoms with Gasteiger partial charge in [0.05, 0.1) is 10.9 Å². The van der Waals surface area contributed by atoms with Gasteiger partial charge in [0.25, 0.3) is 11.5 Å². The minimum atomic E-state index is -0.669. The van der Waals surface area contributed by atoms with Crippen LogP contribution in [0.1, 0.15) is 10.4 Å². The molecule has 3 rings (SSSR count). The lowest BCUT2D eigenvalue weighted by Gasteiger charge is -2.05. The third-order valence-electron chi connectivity index (χ3n) is 3.19. The molecule has 0 unspecified atom stereocenters. The first-order valence-corrected chi connectivity index (χ1v) is 6.71. The van der Waals surface area contributed by atoms with E-state index in [1.807, 2.05) is 0 Å². The maximum Gasteiger partial charge on any atom is 0.274 e. The molecule has 0 aliphatic carbocycles. The third kappa shape index (κ3) is 2.57. The SMILES string of the molecule is O=C(NO)c1ccc2c(=O)[nH]c(-c3ccc(Cl)cc3)nc2c1. The molecule has 0 spiro atoms. The van der Waals surface area contributed by atoms with Crippen molar-refractivity contribution in [2.45, 2.75) is 0 Å². The summed E-state index contributed by atoms with van der Waals surface area (Å²) >= 11 is 5.84. The normalized spacial score (nSPS) is 10.6. The number of halogens is 1. The molecule has 0 bridgehead atoms. The zero-order valence-electron chi connectivity index (χ0n) is 11.1. The van der Waals surface area contributed by atoms with Gasteiger partial charge in [0, 0.05) is 16.1 Å². The lowest BCUT2D eigenvalue weighted by atomic mass is 10.1. The van der Waals surface area contributed by atoms with E-state index in [9.17, 15) is 9.59 Å². The Morgan fingerprint density at radius 2 is 1.91 bits per heavy atom. The van der Waals surface area contributed by atoms with Crippen molar-refractivity contribution in [3.8, 4) is 11.4 Å². The van der Waals surface area contributed by atoms with Crippen molar-refractivity contribution >= 4 is 28.4 Å². The smallest absolute Gasteiger partial charge is 0.274 e. The Bertz CT molecular complexity index is 919. The van der Waals surface area contributed by atoms with Crippen LogP contribution < -0.4 is 11.0 Å². The van der Waals surface area contributed by atoms with Crippen LogP contribution >= 0.6 is 11.6 Å². The highest BCUT2D eigenvalue weighted by Crippen LogP contribution is 2.19. The van der Waals surface area contributed by atoms with Gasteiger partial charge in [-0.3, -0.25) is 14.8 Å². The fourth-order valence-electron chi connectivity index (χ4n) is 2.09. The van der Waals surface area contributed by atoms with Crippen molar-refractivity contribution < 1.29 is 10.0 Å². The number of rotatable bonds is 2. The van der Waals surface area contributed by atoms with Crippen molar-refractivity contribution in [3.05, 3.63) is 63.4 Å². The van der Waals surface area contributed by atoms with Crippen molar-refractivity contribution in [1.82, 2.24) is 15.4 Å². The molecule has 1 aromatic heterocycles. The first-order valence-electron chi connectivity index (χ1n) is 6.33. The summed E-state index contributed by atoms with van der Waals surface area (Å²) in [5.74, 6) is -0.298. The number of amides is 1. The summed E-state index contributed by atoms with van der Waals surface area (Å²) in [5, 5.41) is 9.60. The summed E-state index contributed by atoms with van der Waals surface area (Å²) in [4.78, 5) is 30.6. The molecule has 6 nitrogen and oxygen atoms in total. The van der Waals surface area contributed by atoms with Gasteiger partial charge in [-0.05, 0) is 42.5 Å². The predicted molar refractivity (Wildman–Crippen MR) is 82.1 cm³/mol. The van der Waals surface area contributed by atoms with E-state index in [0.717, 1.165) is 0 Å². The number of nitrogens with one attached hydrogen (secondary N) is 2. The van der Waals surface area contributed by atoms with Crippen LogP contribution in [0.4, 0.5) is 0 Å². The van der Waals surface area contributed by atoms with Crippen LogP contribution in [0, 0.1) is 0 Å². The minimum Gasteiger partial charge on any atom is -0.306 e. The van der Waals surface area contributed by atoms with Crippen molar-refractivity contribution in [2.75, 3.05) is 0 Å². The van der Waals surface area contributed by atoms with Gasteiger partial charge in [-0.15, -0.1) is 0 Å². The maximum absolute atomic E-state index is 12.1. The van der Waals surface area contributed by atoms with Crippen molar-refractivity contribution in [1.29, 1.82) is 0 Å². The number of hydrogen-bond acceptors (Lipinski definition) is 4. The lowest BCUT2D eigenvalue weighted by Crippen LogP contribution is -2.19. The van der Waals surface area contributed by atoms with Crippen LogP contribution in [-0.2, 0) is 0 Å². The number of nitrogens with zero attached hydrogens (tertiary/aromatic N) is 1. The van der Waals surface area contributed by atoms with E-state index >= 15 is 0 Å². The van der Waals surface area contributed by atoms with E-state index in [4.69, 9.17) is 16.8 Å². The largest absolute Gasteiger partial charge is 0.306 e. The Labute approximate surface area is 129 Å². The molecule has 0 atom stereocenters. The third-order valence-corrected chi connectivity index (χ3v) is 3.44. The molecule has 3 aromatic rings. The minimum absolute atomic E-state index is 0.204. The van der Waals surface area contributed by atoms with E-state index in [2.05, 4.69) is 9.97 Å². The molecule has 3 N–H and O–H groups in total. The standard InChI is InChI=1S/C15H10ClN3O3/c16-10-4-1-8(2-5-10)13-17-12-7-9(14(20)19-22)3-6-11(12)15(21)18-13/h1-7,22H,(H,19,20)(H,17,18,21). The highest BCUT2D eigenvalue weighted by molar-refractivity contribution is 6.30. The Morgan fingerprint density at radius 3 is 2.59 bits per heavy atom. The molecule has 0 saturated heterocycles. The van der Waals surface area contributed by atoms with Gasteiger partial charge in [0.15, 0.2) is 0 Å². The molecule has 0 saturated carbocycles. The Kier molecular flexibility index (Phi) is 3.62. The number of H-pyrrole nitrogens is 1. The molecule has 1 amide bonds. The quantitative estimate of drug-likeness (QED) is 0.500.